The van der Waals surface area contributed by atoms with Crippen molar-refractivity contribution in [3.8, 4) is 0 Å². The summed E-state index contributed by atoms with van der Waals surface area (Å²) in [5.74, 6) is 0.137. The normalized spacial score (nSPS) is 20.3. The number of nitrogens with zero attached hydrogens (tertiary/aromatic N) is 2. The first-order valence-electron chi connectivity index (χ1n) is 11.4. The number of carbonyl (C=O) groups excluding carboxylic acids is 1. The first-order chi connectivity index (χ1) is 14.7. The molecule has 1 unspecified atom stereocenters. The predicted molar refractivity (Wildman–Crippen MR) is 128 cm³/mol. The summed E-state index contributed by atoms with van der Waals surface area (Å²) >= 11 is 0. The fourth-order valence-electron chi connectivity index (χ4n) is 4.91. The van der Waals surface area contributed by atoms with E-state index in [2.05, 4.69) is 73.3 Å². The third kappa shape index (κ3) is 6.57. The Hall–Kier alpha value is -2.33. The van der Waals surface area contributed by atoms with Crippen LogP contribution in [-0.4, -0.2) is 43.7 Å². The fourth-order valence-corrected chi connectivity index (χ4v) is 4.91. The maximum Gasteiger partial charge on any atom is 0.219 e. The van der Waals surface area contributed by atoms with E-state index in [1.165, 1.54) is 16.8 Å². The Morgan fingerprint density at radius 3 is 2.26 bits per heavy atom. The number of hydrogen-bond acceptors (Lipinski definition) is 3. The number of amides is 1. The lowest BCUT2D eigenvalue weighted by Gasteiger charge is -2.46. The van der Waals surface area contributed by atoms with E-state index < -0.39 is 0 Å². The molecule has 0 spiro atoms. The molecule has 2 aromatic carbocycles. The van der Waals surface area contributed by atoms with Gasteiger partial charge in [-0.1, -0.05) is 42.5 Å². The lowest BCUT2D eigenvalue weighted by atomic mass is 9.68. The minimum Gasteiger partial charge on any atom is -0.378 e. The van der Waals surface area contributed by atoms with Gasteiger partial charge < -0.3 is 14.5 Å². The van der Waals surface area contributed by atoms with Gasteiger partial charge in [0.25, 0.3) is 0 Å². The largest absolute Gasteiger partial charge is 0.378 e. The zero-order valence-electron chi connectivity index (χ0n) is 19.9. The Morgan fingerprint density at radius 2 is 1.68 bits per heavy atom. The average molecular weight is 423 g/mol. The summed E-state index contributed by atoms with van der Waals surface area (Å²) in [4.78, 5) is 16.6. The van der Waals surface area contributed by atoms with Crippen LogP contribution >= 0.6 is 0 Å². The molecule has 3 rings (SSSR count). The lowest BCUT2D eigenvalue weighted by molar-refractivity contribution is -0.131. The van der Waals surface area contributed by atoms with E-state index in [0.29, 0.717) is 6.54 Å². The molecule has 1 aliphatic heterocycles. The van der Waals surface area contributed by atoms with Crippen LogP contribution in [0.25, 0.3) is 0 Å². The van der Waals surface area contributed by atoms with Crippen molar-refractivity contribution in [2.75, 3.05) is 32.1 Å². The van der Waals surface area contributed by atoms with Crippen molar-refractivity contribution in [3.05, 3.63) is 65.7 Å². The zero-order valence-corrected chi connectivity index (χ0v) is 19.9. The van der Waals surface area contributed by atoms with Gasteiger partial charge in [-0.15, -0.1) is 0 Å². The van der Waals surface area contributed by atoms with Crippen molar-refractivity contribution < 1.29 is 9.53 Å². The average Bonchev–Trinajstić information content (AvgIpc) is 2.71. The molecular weight excluding hydrogens is 384 g/mol. The molecule has 0 radical (unpaired) electrons. The summed E-state index contributed by atoms with van der Waals surface area (Å²) in [5.41, 5.74) is 3.73. The van der Waals surface area contributed by atoms with Crippen LogP contribution in [0.5, 0.6) is 0 Å². The Morgan fingerprint density at radius 1 is 1.00 bits per heavy atom. The summed E-state index contributed by atoms with van der Waals surface area (Å²) in [7, 11) is 4.08. The molecular formula is C27H38N2O2. The molecule has 1 amide bonds. The van der Waals surface area contributed by atoms with Crippen LogP contribution in [0.1, 0.15) is 51.2 Å². The number of hydrogen-bond donors (Lipinski definition) is 0. The van der Waals surface area contributed by atoms with E-state index in [9.17, 15) is 4.79 Å². The van der Waals surface area contributed by atoms with Gasteiger partial charge in [-0.2, -0.15) is 0 Å². The van der Waals surface area contributed by atoms with Crippen LogP contribution in [0, 0.1) is 5.41 Å². The molecule has 1 heterocycles. The molecule has 1 atom stereocenters. The van der Waals surface area contributed by atoms with Crippen molar-refractivity contribution in [1.82, 2.24) is 4.90 Å². The van der Waals surface area contributed by atoms with Gasteiger partial charge in [-0.05, 0) is 68.2 Å². The Labute approximate surface area is 188 Å². The maximum atomic E-state index is 12.5. The molecule has 0 aromatic heterocycles. The van der Waals surface area contributed by atoms with Crippen LogP contribution in [0.3, 0.4) is 0 Å². The van der Waals surface area contributed by atoms with Crippen molar-refractivity contribution in [2.24, 2.45) is 5.41 Å². The van der Waals surface area contributed by atoms with E-state index in [4.69, 9.17) is 4.74 Å². The van der Waals surface area contributed by atoms with E-state index >= 15 is 0 Å². The van der Waals surface area contributed by atoms with Gasteiger partial charge in [0.2, 0.25) is 5.91 Å². The maximum absolute atomic E-state index is 12.5. The first kappa shape index (κ1) is 23.3. The monoisotopic (exact) mass is 422 g/mol. The Bertz CT molecular complexity index is 845. The Balaban J connectivity index is 1.73. The van der Waals surface area contributed by atoms with E-state index in [1.54, 1.807) is 6.92 Å². The highest BCUT2D eigenvalue weighted by Crippen LogP contribution is 2.44. The van der Waals surface area contributed by atoms with Crippen LogP contribution < -0.4 is 4.90 Å². The molecule has 31 heavy (non-hydrogen) atoms. The summed E-state index contributed by atoms with van der Waals surface area (Å²) in [5, 5.41) is 0. The van der Waals surface area contributed by atoms with E-state index in [0.717, 1.165) is 38.8 Å². The molecule has 4 nitrogen and oxygen atoms in total. The quantitative estimate of drug-likeness (QED) is 0.578. The van der Waals surface area contributed by atoms with Gasteiger partial charge in [-0.3, -0.25) is 4.79 Å². The molecule has 4 heteroatoms. The third-order valence-electron chi connectivity index (χ3n) is 6.53. The molecule has 0 saturated carbocycles. The number of carbonyl (C=O) groups is 1. The molecule has 0 N–H and O–H groups in total. The molecule has 168 valence electrons. The van der Waals surface area contributed by atoms with Gasteiger partial charge in [0, 0.05) is 46.4 Å². The van der Waals surface area contributed by atoms with Crippen LogP contribution in [0.4, 0.5) is 5.69 Å². The number of ether oxygens (including phenoxy) is 1. The van der Waals surface area contributed by atoms with Crippen LogP contribution in [0.2, 0.25) is 0 Å². The summed E-state index contributed by atoms with van der Waals surface area (Å²) < 4.78 is 6.05. The van der Waals surface area contributed by atoms with Gasteiger partial charge in [0.05, 0.1) is 5.60 Å². The predicted octanol–water partition coefficient (Wildman–Crippen LogP) is 5.31. The first-order valence-corrected chi connectivity index (χ1v) is 11.4. The lowest BCUT2D eigenvalue weighted by Crippen LogP contribution is -2.44. The molecule has 1 fully saturated rings. The second kappa shape index (κ2) is 9.86. The third-order valence-corrected chi connectivity index (χ3v) is 6.53. The summed E-state index contributed by atoms with van der Waals surface area (Å²) in [6, 6.07) is 19.2. The van der Waals surface area contributed by atoms with E-state index in [1.807, 2.05) is 19.0 Å². The smallest absolute Gasteiger partial charge is 0.219 e. The van der Waals surface area contributed by atoms with Gasteiger partial charge in [0.15, 0.2) is 0 Å². The highest BCUT2D eigenvalue weighted by molar-refractivity contribution is 5.73. The standard InChI is InChI=1S/C27H38N2O2/c1-22(30)29(20-24-11-13-25(14-12-24)28(4)5)17-15-27(16-18-31-26(2,3)21-27)19-23-9-7-6-8-10-23/h6-14H,15-21H2,1-5H3. The summed E-state index contributed by atoms with van der Waals surface area (Å²) in [6.07, 6.45) is 4.07. The van der Waals surface area contributed by atoms with Crippen LogP contribution in [0.15, 0.2) is 54.6 Å². The van der Waals surface area contributed by atoms with Crippen molar-refractivity contribution >= 4 is 11.6 Å². The number of anilines is 1. The summed E-state index contributed by atoms with van der Waals surface area (Å²) in [6.45, 7) is 8.29. The highest BCUT2D eigenvalue weighted by Gasteiger charge is 2.41. The second-order valence-corrected chi connectivity index (χ2v) is 9.95. The SMILES string of the molecule is CC(=O)N(CCC1(Cc2ccccc2)CCOC(C)(C)C1)Cc1ccc(N(C)C)cc1. The molecule has 0 aliphatic carbocycles. The van der Waals surface area contributed by atoms with Gasteiger partial charge in [-0.25, -0.2) is 0 Å². The Kier molecular flexibility index (Phi) is 7.42. The number of benzene rings is 2. The fraction of sp³-hybridized carbons (Fsp3) is 0.519. The molecule has 1 saturated heterocycles. The van der Waals surface area contributed by atoms with Gasteiger partial charge >= 0.3 is 0 Å². The second-order valence-electron chi connectivity index (χ2n) is 9.95. The minimum absolute atomic E-state index is 0.129. The number of rotatable bonds is 8. The van der Waals surface area contributed by atoms with Crippen LogP contribution in [-0.2, 0) is 22.5 Å². The van der Waals surface area contributed by atoms with Crippen molar-refractivity contribution in [2.45, 2.75) is 58.6 Å². The molecule has 0 bridgehead atoms. The van der Waals surface area contributed by atoms with E-state index in [-0.39, 0.29) is 16.9 Å². The topological polar surface area (TPSA) is 32.8 Å². The molecule has 1 aliphatic rings. The minimum atomic E-state index is -0.129. The van der Waals surface area contributed by atoms with Gasteiger partial charge in [0.1, 0.15) is 0 Å². The zero-order chi connectivity index (χ0) is 22.5. The molecule has 2 aromatic rings. The van der Waals surface area contributed by atoms with Crippen molar-refractivity contribution in [3.63, 3.8) is 0 Å². The van der Waals surface area contributed by atoms with Crippen molar-refractivity contribution in [1.29, 1.82) is 0 Å². The highest BCUT2D eigenvalue weighted by atomic mass is 16.5.